The molecule has 4 heterocycles. The van der Waals surface area contributed by atoms with Gasteiger partial charge in [0.25, 0.3) is 5.91 Å². The van der Waals surface area contributed by atoms with Crippen LogP contribution in [0.2, 0.25) is 0 Å². The van der Waals surface area contributed by atoms with E-state index in [1.54, 1.807) is 31.8 Å². The first-order valence-corrected chi connectivity index (χ1v) is 12.4. The van der Waals surface area contributed by atoms with E-state index >= 15 is 0 Å². The molecule has 1 unspecified atom stereocenters. The van der Waals surface area contributed by atoms with Gasteiger partial charge in [0, 0.05) is 32.9 Å². The molecule has 0 spiro atoms. The quantitative estimate of drug-likeness (QED) is 0.715. The van der Waals surface area contributed by atoms with Gasteiger partial charge in [-0.15, -0.1) is 0 Å². The minimum absolute atomic E-state index is 0.0390. The zero-order valence-electron chi connectivity index (χ0n) is 18.4. The summed E-state index contributed by atoms with van der Waals surface area (Å²) in [7, 11) is -2.00. The van der Waals surface area contributed by atoms with E-state index in [9.17, 15) is 13.2 Å². The molecule has 0 aromatic carbocycles. The molecular formula is C21H30N6O3S. The molecule has 2 aromatic rings. The van der Waals surface area contributed by atoms with E-state index in [4.69, 9.17) is 0 Å². The number of aromatic nitrogens is 4. The van der Waals surface area contributed by atoms with Crippen LogP contribution in [0.1, 0.15) is 72.1 Å². The summed E-state index contributed by atoms with van der Waals surface area (Å²) in [6, 6.07) is -0.448. The van der Waals surface area contributed by atoms with Crippen molar-refractivity contribution in [3.8, 4) is 0 Å². The van der Waals surface area contributed by atoms with Crippen LogP contribution in [-0.2, 0) is 17.1 Å². The standard InChI is InChI=1S/C21H30N6O3S/c1-15-17(21(28)26-10-6-4-7-11-26)13-22-20(24-15)18-9-5-8-12-27(18)31(29,30)19-14-23-25(3)16(19)2/h13-14,18H,4-12H2,1-3H3. The number of nitrogens with zero attached hydrogens (tertiary/aromatic N) is 6. The molecule has 0 radical (unpaired) electrons. The van der Waals surface area contributed by atoms with Gasteiger partial charge in [-0.05, 0) is 46.0 Å². The SMILES string of the molecule is Cc1nc(C2CCCCN2S(=O)(=O)c2cnn(C)c2C)ncc1C(=O)N1CCCCC1. The fourth-order valence-corrected chi connectivity index (χ4v) is 6.27. The number of carbonyl (C=O) groups excluding carboxylic acids is 1. The van der Waals surface area contributed by atoms with Crippen LogP contribution in [-0.4, -0.2) is 62.9 Å². The third kappa shape index (κ3) is 4.10. The van der Waals surface area contributed by atoms with Crippen LogP contribution in [0.5, 0.6) is 0 Å². The molecule has 1 atom stereocenters. The lowest BCUT2D eigenvalue weighted by atomic mass is 10.0. The lowest BCUT2D eigenvalue weighted by molar-refractivity contribution is 0.0722. The summed E-state index contributed by atoms with van der Waals surface area (Å²) in [5.41, 5.74) is 1.70. The Hall–Kier alpha value is -2.33. The van der Waals surface area contributed by atoms with E-state index in [1.165, 1.54) is 10.5 Å². The molecule has 168 valence electrons. The highest BCUT2D eigenvalue weighted by atomic mass is 32.2. The highest BCUT2D eigenvalue weighted by molar-refractivity contribution is 7.89. The molecule has 2 aliphatic rings. The molecule has 0 aliphatic carbocycles. The number of likely N-dealkylation sites (tertiary alicyclic amines) is 1. The summed E-state index contributed by atoms with van der Waals surface area (Å²) in [6.07, 6.45) is 8.52. The van der Waals surface area contributed by atoms with E-state index in [0.717, 1.165) is 45.2 Å². The zero-order chi connectivity index (χ0) is 22.2. The maximum absolute atomic E-state index is 13.4. The van der Waals surface area contributed by atoms with Gasteiger partial charge >= 0.3 is 0 Å². The largest absolute Gasteiger partial charge is 0.339 e. The minimum Gasteiger partial charge on any atom is -0.339 e. The normalized spacial score (nSPS) is 20.7. The predicted molar refractivity (Wildman–Crippen MR) is 115 cm³/mol. The lowest BCUT2D eigenvalue weighted by Gasteiger charge is -2.33. The van der Waals surface area contributed by atoms with Crippen molar-refractivity contribution in [1.29, 1.82) is 0 Å². The molecule has 9 nitrogen and oxygen atoms in total. The number of aryl methyl sites for hydroxylation is 2. The van der Waals surface area contributed by atoms with Crippen molar-refractivity contribution in [2.45, 2.75) is 63.3 Å². The Morgan fingerprint density at radius 2 is 1.74 bits per heavy atom. The molecule has 10 heteroatoms. The summed E-state index contributed by atoms with van der Waals surface area (Å²) in [5, 5.41) is 4.10. The number of carbonyl (C=O) groups is 1. The average Bonchev–Trinajstić information content (AvgIpc) is 3.13. The Kier molecular flexibility index (Phi) is 6.11. The van der Waals surface area contributed by atoms with Crippen molar-refractivity contribution in [1.82, 2.24) is 29.0 Å². The topological polar surface area (TPSA) is 101 Å². The Morgan fingerprint density at radius 1 is 1.03 bits per heavy atom. The molecule has 0 bridgehead atoms. The van der Waals surface area contributed by atoms with Gasteiger partial charge < -0.3 is 4.90 Å². The van der Waals surface area contributed by atoms with Crippen molar-refractivity contribution in [3.63, 3.8) is 0 Å². The third-order valence-corrected chi connectivity index (χ3v) is 8.41. The molecule has 1 amide bonds. The number of sulfonamides is 1. The highest BCUT2D eigenvalue weighted by Crippen LogP contribution is 2.35. The minimum atomic E-state index is -3.73. The fourth-order valence-electron chi connectivity index (χ4n) is 4.43. The van der Waals surface area contributed by atoms with Gasteiger partial charge in [-0.1, -0.05) is 6.42 Å². The Bertz CT molecular complexity index is 1070. The van der Waals surface area contributed by atoms with E-state index in [1.807, 2.05) is 4.90 Å². The number of piperidine rings is 2. The van der Waals surface area contributed by atoms with E-state index in [2.05, 4.69) is 15.1 Å². The first kappa shape index (κ1) is 21.9. The predicted octanol–water partition coefficient (Wildman–Crippen LogP) is 2.37. The monoisotopic (exact) mass is 446 g/mol. The van der Waals surface area contributed by atoms with E-state index in [-0.39, 0.29) is 10.8 Å². The average molecular weight is 447 g/mol. The second-order valence-corrected chi connectivity index (χ2v) is 10.3. The molecule has 0 saturated carbocycles. The summed E-state index contributed by atoms with van der Waals surface area (Å²) >= 11 is 0. The van der Waals surface area contributed by atoms with Crippen LogP contribution in [0.25, 0.3) is 0 Å². The summed E-state index contributed by atoms with van der Waals surface area (Å²) in [6.45, 7) is 5.49. The van der Waals surface area contributed by atoms with Crippen LogP contribution in [0.15, 0.2) is 17.3 Å². The van der Waals surface area contributed by atoms with Gasteiger partial charge in [0.2, 0.25) is 10.0 Å². The van der Waals surface area contributed by atoms with Crippen LogP contribution in [0, 0.1) is 13.8 Å². The maximum atomic E-state index is 13.4. The summed E-state index contributed by atoms with van der Waals surface area (Å²) in [5.74, 6) is 0.417. The number of hydrogen-bond donors (Lipinski definition) is 0. The van der Waals surface area contributed by atoms with Crippen LogP contribution in [0.4, 0.5) is 0 Å². The van der Waals surface area contributed by atoms with Crippen molar-refractivity contribution < 1.29 is 13.2 Å². The molecule has 2 aliphatic heterocycles. The van der Waals surface area contributed by atoms with Crippen LogP contribution >= 0.6 is 0 Å². The van der Waals surface area contributed by atoms with Crippen molar-refractivity contribution in [2.75, 3.05) is 19.6 Å². The molecule has 4 rings (SSSR count). The van der Waals surface area contributed by atoms with Gasteiger partial charge in [-0.25, -0.2) is 18.4 Å². The van der Waals surface area contributed by atoms with E-state index < -0.39 is 16.1 Å². The second-order valence-electron chi connectivity index (χ2n) is 8.43. The smallest absolute Gasteiger partial charge is 0.257 e. The van der Waals surface area contributed by atoms with Gasteiger partial charge in [0.15, 0.2) is 0 Å². The first-order valence-electron chi connectivity index (χ1n) is 10.9. The molecule has 31 heavy (non-hydrogen) atoms. The Balaban J connectivity index is 1.63. The van der Waals surface area contributed by atoms with Gasteiger partial charge in [0.05, 0.1) is 29.2 Å². The summed E-state index contributed by atoms with van der Waals surface area (Å²) in [4.78, 5) is 24.1. The first-order chi connectivity index (χ1) is 14.8. The number of amides is 1. The zero-order valence-corrected chi connectivity index (χ0v) is 19.2. The van der Waals surface area contributed by atoms with Crippen LogP contribution < -0.4 is 0 Å². The van der Waals surface area contributed by atoms with Crippen molar-refractivity contribution in [2.24, 2.45) is 7.05 Å². The molecule has 2 fully saturated rings. The van der Waals surface area contributed by atoms with Gasteiger partial charge in [0.1, 0.15) is 10.7 Å². The molecule has 2 aromatic heterocycles. The number of rotatable bonds is 4. The Labute approximate surface area is 183 Å². The second kappa shape index (κ2) is 8.66. The van der Waals surface area contributed by atoms with Gasteiger partial charge in [-0.3, -0.25) is 9.48 Å². The molecular weight excluding hydrogens is 416 g/mol. The molecule has 2 saturated heterocycles. The fraction of sp³-hybridized carbons (Fsp3) is 0.619. The maximum Gasteiger partial charge on any atom is 0.257 e. The summed E-state index contributed by atoms with van der Waals surface area (Å²) < 4.78 is 29.9. The Morgan fingerprint density at radius 3 is 2.39 bits per heavy atom. The third-order valence-electron chi connectivity index (χ3n) is 6.40. The van der Waals surface area contributed by atoms with Crippen LogP contribution in [0.3, 0.4) is 0 Å². The highest BCUT2D eigenvalue weighted by Gasteiger charge is 2.38. The lowest BCUT2D eigenvalue weighted by Crippen LogP contribution is -2.40. The number of hydrogen-bond acceptors (Lipinski definition) is 6. The van der Waals surface area contributed by atoms with Crippen molar-refractivity contribution in [3.05, 3.63) is 35.2 Å². The van der Waals surface area contributed by atoms with E-state index in [0.29, 0.717) is 35.7 Å². The van der Waals surface area contributed by atoms with Gasteiger partial charge in [-0.2, -0.15) is 9.40 Å². The van der Waals surface area contributed by atoms with Crippen molar-refractivity contribution >= 4 is 15.9 Å². The molecule has 0 N–H and O–H groups in total.